The van der Waals surface area contributed by atoms with Gasteiger partial charge in [0.1, 0.15) is 0 Å². The van der Waals surface area contributed by atoms with E-state index < -0.39 is 0 Å². The molecule has 0 saturated carbocycles. The number of benzene rings is 4. The second-order valence-electron chi connectivity index (χ2n) is 13.7. The minimum Gasteiger partial charge on any atom is -0.294 e. The number of carbonyl (C=O) groups excluding carboxylic acids is 4. The van der Waals surface area contributed by atoms with Crippen LogP contribution in [0.3, 0.4) is 0 Å². The minimum absolute atomic E-state index is 0.277. The molecule has 8 rings (SSSR count). The van der Waals surface area contributed by atoms with E-state index >= 15 is 0 Å². The van der Waals surface area contributed by atoms with Crippen LogP contribution >= 0.6 is 63.7 Å². The molecule has 4 aromatic rings. The van der Waals surface area contributed by atoms with Crippen molar-refractivity contribution in [2.75, 3.05) is 0 Å². The fourth-order valence-electron chi connectivity index (χ4n) is 7.13. The fraction of sp³-hybridized carbons (Fsp3) is 0.364. The zero-order valence-electron chi connectivity index (χ0n) is 29.4. The molecule has 0 aliphatic heterocycles. The lowest BCUT2D eigenvalue weighted by Gasteiger charge is -2.07. The molecule has 0 heterocycles. The third kappa shape index (κ3) is 11.3. The first-order valence-corrected chi connectivity index (χ1v) is 21.5. The summed E-state index contributed by atoms with van der Waals surface area (Å²) in [5.41, 5.74) is 8.52. The Kier molecular flexibility index (Phi) is 15.8. The second kappa shape index (κ2) is 20.2. The number of halogens is 4. The number of hydrogen-bond donors (Lipinski definition) is 0. The second-order valence-corrected chi connectivity index (χ2v) is 17.2. The first-order valence-electron chi connectivity index (χ1n) is 18.4. The summed E-state index contributed by atoms with van der Waals surface area (Å²) in [6, 6.07) is 23.8. The van der Waals surface area contributed by atoms with Crippen LogP contribution in [0.5, 0.6) is 0 Å². The minimum atomic E-state index is 0.277. The lowest BCUT2D eigenvalue weighted by atomic mass is 10.0. The standard InChI is InChI=1S/C11H10Br2O.2C11H11BrO.C11H12O/c12-7-5-9-8(10(13)6-7)3-1-2-4-11(9)14;12-10-6-3-5-9-8(10)4-1-2-7-11(9)13;12-9-6-5-8-3-1-2-4-11(13)10(8)7-9;12-11-8-4-2-6-9-5-1-3-7-10(9)11/h5-6H,1-4H2;3,5-6H,1-2,4,7H2;5-7H,1-4H2;1,3,5,7H,2,4,6,8H2. The van der Waals surface area contributed by atoms with Gasteiger partial charge >= 0.3 is 0 Å². The Hall–Kier alpha value is -2.52. The summed E-state index contributed by atoms with van der Waals surface area (Å²) >= 11 is 13.8. The molecule has 0 amide bonds. The number of Topliss-reactive ketones (excluding diaryl/α,β-unsaturated/α-hetero) is 4. The molecule has 0 aromatic heterocycles. The van der Waals surface area contributed by atoms with E-state index in [1.54, 1.807) is 0 Å². The molecule has 0 atom stereocenters. The molecule has 4 aromatic carbocycles. The predicted octanol–water partition coefficient (Wildman–Crippen LogP) is 13.4. The highest BCUT2D eigenvalue weighted by Gasteiger charge is 2.19. The van der Waals surface area contributed by atoms with Gasteiger partial charge in [-0.15, -0.1) is 0 Å². The summed E-state index contributed by atoms with van der Waals surface area (Å²) in [5, 5.41) is 0. The van der Waals surface area contributed by atoms with E-state index in [4.69, 9.17) is 0 Å². The zero-order valence-corrected chi connectivity index (χ0v) is 35.7. The molecule has 0 fully saturated rings. The third-order valence-electron chi connectivity index (χ3n) is 9.93. The smallest absolute Gasteiger partial charge is 0.163 e. The molecule has 52 heavy (non-hydrogen) atoms. The van der Waals surface area contributed by atoms with Crippen LogP contribution in [0.2, 0.25) is 0 Å². The van der Waals surface area contributed by atoms with Crippen molar-refractivity contribution >= 4 is 86.9 Å². The van der Waals surface area contributed by atoms with E-state index in [9.17, 15) is 19.2 Å². The van der Waals surface area contributed by atoms with Crippen LogP contribution in [0, 0.1) is 0 Å². The van der Waals surface area contributed by atoms with Crippen LogP contribution < -0.4 is 0 Å². The third-order valence-corrected chi connectivity index (χ3v) is 12.3. The van der Waals surface area contributed by atoms with Gasteiger partial charge in [0.2, 0.25) is 0 Å². The van der Waals surface area contributed by atoms with Crippen LogP contribution in [0.4, 0.5) is 0 Å². The van der Waals surface area contributed by atoms with Gasteiger partial charge in [-0.25, -0.2) is 0 Å². The molecule has 0 N–H and O–H groups in total. The number of hydrogen-bond acceptors (Lipinski definition) is 4. The normalized spacial score (nSPS) is 16.5. The van der Waals surface area contributed by atoms with Crippen molar-refractivity contribution in [2.24, 2.45) is 0 Å². The van der Waals surface area contributed by atoms with Gasteiger partial charge in [-0.3, -0.25) is 19.2 Å². The molecule has 0 bridgehead atoms. The average Bonchev–Trinajstić information content (AvgIpc) is 3.61. The van der Waals surface area contributed by atoms with Gasteiger partial charge in [-0.2, -0.15) is 0 Å². The van der Waals surface area contributed by atoms with Gasteiger partial charge in [0.05, 0.1) is 0 Å². The molecule has 0 saturated heterocycles. The van der Waals surface area contributed by atoms with E-state index in [1.165, 1.54) is 22.3 Å². The van der Waals surface area contributed by atoms with E-state index in [0.29, 0.717) is 36.6 Å². The Morgan fingerprint density at radius 1 is 0.346 bits per heavy atom. The summed E-state index contributed by atoms with van der Waals surface area (Å²) in [6.45, 7) is 0. The number of fused-ring (bicyclic) bond motifs is 4. The molecule has 4 aliphatic rings. The molecule has 0 spiro atoms. The lowest BCUT2D eigenvalue weighted by molar-refractivity contribution is 0.0974. The molecule has 4 nitrogen and oxygen atoms in total. The van der Waals surface area contributed by atoms with Gasteiger partial charge in [0, 0.05) is 65.8 Å². The molecular formula is C44H44Br4O4. The Bertz CT molecular complexity index is 1920. The Labute approximate surface area is 341 Å². The molecule has 0 radical (unpaired) electrons. The number of ketones is 4. The maximum Gasteiger partial charge on any atom is 0.163 e. The maximum absolute atomic E-state index is 11.8. The average molecular weight is 956 g/mol. The number of aryl methyl sites for hydroxylation is 2. The maximum atomic E-state index is 11.8. The summed E-state index contributed by atoms with van der Waals surface area (Å²) in [5.74, 6) is 1.20. The first-order chi connectivity index (χ1) is 25.1. The van der Waals surface area contributed by atoms with Crippen molar-refractivity contribution in [2.45, 2.75) is 103 Å². The fourth-order valence-corrected chi connectivity index (χ4v) is 9.48. The number of carbonyl (C=O) groups is 4. The van der Waals surface area contributed by atoms with Crippen molar-refractivity contribution in [3.05, 3.63) is 135 Å². The van der Waals surface area contributed by atoms with Crippen molar-refractivity contribution in [1.29, 1.82) is 0 Å². The highest BCUT2D eigenvalue weighted by Crippen LogP contribution is 2.31. The van der Waals surface area contributed by atoms with Crippen LogP contribution in [0.15, 0.2) is 90.7 Å². The van der Waals surface area contributed by atoms with Gasteiger partial charge in [-0.1, -0.05) is 106 Å². The topological polar surface area (TPSA) is 68.3 Å². The summed E-state index contributed by atoms with van der Waals surface area (Å²) in [6.07, 6.45) is 15.7. The Balaban J connectivity index is 0.000000134. The lowest BCUT2D eigenvalue weighted by Crippen LogP contribution is -2.00. The molecule has 0 unspecified atom stereocenters. The Morgan fingerprint density at radius 3 is 1.46 bits per heavy atom. The first kappa shape index (κ1) is 40.7. The van der Waals surface area contributed by atoms with Crippen molar-refractivity contribution < 1.29 is 19.2 Å². The van der Waals surface area contributed by atoms with Crippen LogP contribution in [-0.2, 0) is 25.7 Å². The van der Waals surface area contributed by atoms with E-state index in [2.05, 4.69) is 75.9 Å². The summed E-state index contributed by atoms with van der Waals surface area (Å²) < 4.78 is 4.11. The SMILES string of the molecule is O=C1CCCCc2c(Br)cc(Br)cc21.O=C1CCCCc2c(Br)cccc21.O=C1CCCCc2ccc(Br)cc21.O=C1CCCCc2ccccc21. The largest absolute Gasteiger partial charge is 0.294 e. The zero-order chi connectivity index (χ0) is 37.0. The predicted molar refractivity (Wildman–Crippen MR) is 224 cm³/mol. The van der Waals surface area contributed by atoms with Crippen molar-refractivity contribution in [3.8, 4) is 0 Å². The molecule has 272 valence electrons. The highest BCUT2D eigenvalue weighted by atomic mass is 79.9. The van der Waals surface area contributed by atoms with Gasteiger partial charge in [0.15, 0.2) is 23.1 Å². The highest BCUT2D eigenvalue weighted by molar-refractivity contribution is 9.11. The van der Waals surface area contributed by atoms with E-state index in [1.807, 2.05) is 60.7 Å². The van der Waals surface area contributed by atoms with Gasteiger partial charge in [-0.05, 0) is 130 Å². The summed E-state index contributed by atoms with van der Waals surface area (Å²) in [4.78, 5) is 46.5. The Morgan fingerprint density at radius 2 is 0.808 bits per heavy atom. The van der Waals surface area contributed by atoms with Crippen LogP contribution in [0.1, 0.15) is 141 Å². The number of rotatable bonds is 0. The van der Waals surface area contributed by atoms with Crippen LogP contribution in [0.25, 0.3) is 0 Å². The quantitative estimate of drug-likeness (QED) is 0.165. The van der Waals surface area contributed by atoms with Gasteiger partial charge < -0.3 is 0 Å². The van der Waals surface area contributed by atoms with Crippen LogP contribution in [-0.4, -0.2) is 23.1 Å². The van der Waals surface area contributed by atoms with E-state index in [-0.39, 0.29) is 5.78 Å². The van der Waals surface area contributed by atoms with E-state index in [0.717, 1.165) is 124 Å². The van der Waals surface area contributed by atoms with Crippen molar-refractivity contribution in [1.82, 2.24) is 0 Å². The van der Waals surface area contributed by atoms with Gasteiger partial charge in [0.25, 0.3) is 0 Å². The molecular weight excluding hydrogens is 912 g/mol. The summed E-state index contributed by atoms with van der Waals surface area (Å²) in [7, 11) is 0. The molecule has 8 heteroatoms. The molecule has 4 aliphatic carbocycles. The van der Waals surface area contributed by atoms with Crippen molar-refractivity contribution in [3.63, 3.8) is 0 Å². The monoisotopic (exact) mass is 952 g/mol.